The smallest absolute Gasteiger partial charge is 0.240 e. The largest absolute Gasteiger partial charge is 0.355 e. The lowest BCUT2D eigenvalue weighted by atomic mass is 10.1. The highest BCUT2D eigenvalue weighted by molar-refractivity contribution is 7.92. The van der Waals surface area contributed by atoms with Crippen LogP contribution in [0, 0.1) is 5.92 Å². The van der Waals surface area contributed by atoms with Gasteiger partial charge < -0.3 is 5.32 Å². The van der Waals surface area contributed by atoms with Crippen molar-refractivity contribution in [1.82, 2.24) is 5.32 Å². The number of Topliss-reactive ketones (excluding diaryl/α,β-unsaturated/α-hetero) is 1. The van der Waals surface area contributed by atoms with Crippen molar-refractivity contribution in [3.05, 3.63) is 29.8 Å². The highest BCUT2D eigenvalue weighted by Crippen LogP contribution is 2.19. The molecule has 0 saturated carbocycles. The Bertz CT molecular complexity index is 668. The van der Waals surface area contributed by atoms with Crippen molar-refractivity contribution in [3.63, 3.8) is 0 Å². The number of carbonyl (C=O) groups excluding carboxylic acids is 2. The second-order valence-electron chi connectivity index (χ2n) is 5.91. The number of nitrogens with one attached hydrogen (secondary N) is 1. The Morgan fingerprint density at radius 3 is 2.43 bits per heavy atom. The van der Waals surface area contributed by atoms with Crippen molar-refractivity contribution in [3.8, 4) is 0 Å². The van der Waals surface area contributed by atoms with Crippen LogP contribution in [0.15, 0.2) is 24.3 Å². The van der Waals surface area contributed by atoms with E-state index in [4.69, 9.17) is 0 Å². The molecule has 0 radical (unpaired) electrons. The summed E-state index contributed by atoms with van der Waals surface area (Å²) in [6.45, 7) is 5.69. The van der Waals surface area contributed by atoms with Crippen LogP contribution in [0.25, 0.3) is 0 Å². The number of benzene rings is 1. The Kier molecular flexibility index (Phi) is 6.75. The maximum atomic E-state index is 12.0. The predicted molar refractivity (Wildman–Crippen MR) is 91.1 cm³/mol. The Morgan fingerprint density at radius 1 is 1.26 bits per heavy atom. The number of sulfonamides is 1. The summed E-state index contributed by atoms with van der Waals surface area (Å²) in [5.41, 5.74) is 0.704. The van der Waals surface area contributed by atoms with Crippen molar-refractivity contribution in [1.29, 1.82) is 0 Å². The van der Waals surface area contributed by atoms with Crippen molar-refractivity contribution in [2.24, 2.45) is 5.92 Å². The first kappa shape index (κ1) is 19.2. The van der Waals surface area contributed by atoms with Crippen molar-refractivity contribution in [2.75, 3.05) is 23.7 Å². The van der Waals surface area contributed by atoms with E-state index >= 15 is 0 Å². The second-order valence-corrected chi connectivity index (χ2v) is 7.82. The molecular weight excluding hydrogens is 316 g/mol. The molecule has 0 aromatic heterocycles. The van der Waals surface area contributed by atoms with Gasteiger partial charge in [-0.25, -0.2) is 8.42 Å². The fourth-order valence-corrected chi connectivity index (χ4v) is 2.81. The van der Waals surface area contributed by atoms with Gasteiger partial charge in [-0.15, -0.1) is 0 Å². The molecule has 23 heavy (non-hydrogen) atoms. The predicted octanol–water partition coefficient (Wildman–Crippen LogP) is 1.82. The molecule has 1 aromatic carbocycles. The first-order valence-electron chi connectivity index (χ1n) is 7.46. The summed E-state index contributed by atoms with van der Waals surface area (Å²) in [7, 11) is -3.64. The lowest BCUT2D eigenvalue weighted by Crippen LogP contribution is -2.40. The van der Waals surface area contributed by atoms with Gasteiger partial charge in [0, 0.05) is 12.1 Å². The average Bonchev–Trinajstić information content (AvgIpc) is 2.43. The van der Waals surface area contributed by atoms with Gasteiger partial charge in [-0.05, 0) is 31.4 Å². The first-order valence-corrected chi connectivity index (χ1v) is 9.31. The van der Waals surface area contributed by atoms with Crippen LogP contribution < -0.4 is 9.62 Å². The summed E-state index contributed by atoms with van der Waals surface area (Å²) in [5.74, 6) is -0.0838. The lowest BCUT2D eigenvalue weighted by molar-refractivity contribution is -0.119. The first-order chi connectivity index (χ1) is 10.6. The van der Waals surface area contributed by atoms with E-state index in [1.54, 1.807) is 18.2 Å². The molecular formula is C16H24N2O4S. The number of ketones is 1. The quantitative estimate of drug-likeness (QED) is 0.732. The zero-order valence-electron chi connectivity index (χ0n) is 14.0. The topological polar surface area (TPSA) is 83.6 Å². The van der Waals surface area contributed by atoms with Gasteiger partial charge in [0.25, 0.3) is 0 Å². The molecule has 0 bridgehead atoms. The minimum atomic E-state index is -3.64. The van der Waals surface area contributed by atoms with Crippen LogP contribution in [0.3, 0.4) is 0 Å². The van der Waals surface area contributed by atoms with Crippen LogP contribution in [-0.4, -0.2) is 39.5 Å². The van der Waals surface area contributed by atoms with E-state index in [9.17, 15) is 18.0 Å². The molecule has 128 valence electrons. The summed E-state index contributed by atoms with van der Waals surface area (Å²) in [5, 5.41) is 2.71. The maximum absolute atomic E-state index is 12.0. The number of hydrogen-bond acceptors (Lipinski definition) is 4. The summed E-state index contributed by atoms with van der Waals surface area (Å²) >= 11 is 0. The van der Waals surface area contributed by atoms with E-state index in [1.807, 2.05) is 13.8 Å². The van der Waals surface area contributed by atoms with E-state index in [2.05, 4.69) is 5.32 Å². The third-order valence-corrected chi connectivity index (χ3v) is 4.41. The van der Waals surface area contributed by atoms with Gasteiger partial charge in [0.1, 0.15) is 6.54 Å². The molecule has 6 nitrogen and oxygen atoms in total. The highest BCUT2D eigenvalue weighted by Gasteiger charge is 2.21. The van der Waals surface area contributed by atoms with E-state index in [1.165, 1.54) is 13.0 Å². The van der Waals surface area contributed by atoms with Crippen LogP contribution in [0.2, 0.25) is 0 Å². The van der Waals surface area contributed by atoms with Crippen LogP contribution in [0.4, 0.5) is 5.69 Å². The van der Waals surface area contributed by atoms with Crippen LogP contribution in [0.1, 0.15) is 37.6 Å². The standard InChI is InChI=1S/C16H24N2O4S/c1-12(2)8-9-17-16(20)11-18(23(4,21)22)15-7-5-6-14(10-15)13(3)19/h5-7,10,12H,8-9,11H2,1-4H3,(H,17,20). The molecule has 0 unspecified atom stereocenters. The molecule has 0 saturated heterocycles. The minimum absolute atomic E-state index is 0.165. The molecule has 1 N–H and O–H groups in total. The molecule has 1 amide bonds. The number of amides is 1. The highest BCUT2D eigenvalue weighted by atomic mass is 32.2. The zero-order valence-corrected chi connectivity index (χ0v) is 14.8. The van der Waals surface area contributed by atoms with Gasteiger partial charge in [-0.1, -0.05) is 26.0 Å². The van der Waals surface area contributed by atoms with Gasteiger partial charge in [0.15, 0.2) is 5.78 Å². The summed E-state index contributed by atoms with van der Waals surface area (Å²) < 4.78 is 25.0. The maximum Gasteiger partial charge on any atom is 0.240 e. The van der Waals surface area contributed by atoms with Crippen LogP contribution in [-0.2, 0) is 14.8 Å². The van der Waals surface area contributed by atoms with E-state index < -0.39 is 10.0 Å². The number of rotatable bonds is 8. The van der Waals surface area contributed by atoms with Crippen molar-refractivity contribution in [2.45, 2.75) is 27.2 Å². The molecule has 0 aliphatic rings. The van der Waals surface area contributed by atoms with Gasteiger partial charge in [-0.2, -0.15) is 0 Å². The Morgan fingerprint density at radius 2 is 1.91 bits per heavy atom. The molecule has 0 atom stereocenters. The fourth-order valence-electron chi connectivity index (χ4n) is 1.97. The van der Waals surface area contributed by atoms with E-state index in [-0.39, 0.29) is 18.2 Å². The molecule has 7 heteroatoms. The van der Waals surface area contributed by atoms with Gasteiger partial charge >= 0.3 is 0 Å². The summed E-state index contributed by atoms with van der Waals surface area (Å²) in [6, 6.07) is 6.25. The molecule has 0 heterocycles. The minimum Gasteiger partial charge on any atom is -0.355 e. The van der Waals surface area contributed by atoms with Crippen LogP contribution >= 0.6 is 0 Å². The van der Waals surface area contributed by atoms with E-state index in [0.717, 1.165) is 17.0 Å². The number of carbonyl (C=O) groups is 2. The van der Waals surface area contributed by atoms with Gasteiger partial charge in [-0.3, -0.25) is 13.9 Å². The lowest BCUT2D eigenvalue weighted by Gasteiger charge is -2.22. The Labute approximate surface area is 137 Å². The van der Waals surface area contributed by atoms with E-state index in [0.29, 0.717) is 23.7 Å². The summed E-state index contributed by atoms with van der Waals surface area (Å²) in [6.07, 6.45) is 1.86. The Balaban J connectivity index is 2.92. The normalized spacial score (nSPS) is 11.3. The molecule has 1 rings (SSSR count). The summed E-state index contributed by atoms with van der Waals surface area (Å²) in [4.78, 5) is 23.4. The number of hydrogen-bond donors (Lipinski definition) is 1. The fraction of sp³-hybridized carbons (Fsp3) is 0.500. The van der Waals surface area contributed by atoms with Crippen molar-refractivity contribution < 1.29 is 18.0 Å². The van der Waals surface area contributed by atoms with Gasteiger partial charge in [0.2, 0.25) is 15.9 Å². The average molecular weight is 340 g/mol. The molecule has 0 spiro atoms. The monoisotopic (exact) mass is 340 g/mol. The molecule has 0 fully saturated rings. The Hall–Kier alpha value is -1.89. The number of nitrogens with zero attached hydrogens (tertiary/aromatic N) is 1. The SMILES string of the molecule is CC(=O)c1cccc(N(CC(=O)NCCC(C)C)S(C)(=O)=O)c1. The van der Waals surface area contributed by atoms with Crippen LogP contribution in [0.5, 0.6) is 0 Å². The second kappa shape index (κ2) is 8.10. The third-order valence-electron chi connectivity index (χ3n) is 3.27. The molecule has 1 aromatic rings. The number of anilines is 1. The van der Waals surface area contributed by atoms with Crippen molar-refractivity contribution >= 4 is 27.4 Å². The third kappa shape index (κ3) is 6.40. The molecule has 0 aliphatic carbocycles. The zero-order chi connectivity index (χ0) is 17.6. The van der Waals surface area contributed by atoms with Gasteiger partial charge in [0.05, 0.1) is 11.9 Å². The molecule has 0 aliphatic heterocycles.